The zero-order valence-electron chi connectivity index (χ0n) is 11.7. The lowest BCUT2D eigenvalue weighted by Crippen LogP contribution is -2.62. The predicted molar refractivity (Wildman–Crippen MR) is 78.6 cm³/mol. The third kappa shape index (κ3) is 2.43. The highest BCUT2D eigenvalue weighted by Crippen LogP contribution is 2.27. The van der Waals surface area contributed by atoms with Crippen LogP contribution in [-0.4, -0.2) is 60.6 Å². The summed E-state index contributed by atoms with van der Waals surface area (Å²) in [6, 6.07) is 4.83. The second kappa shape index (κ2) is 5.60. The van der Waals surface area contributed by atoms with Crippen LogP contribution in [-0.2, 0) is 9.53 Å². The second-order valence-corrected chi connectivity index (χ2v) is 5.88. The zero-order valence-corrected chi connectivity index (χ0v) is 13.3. The van der Waals surface area contributed by atoms with Gasteiger partial charge in [0.15, 0.2) is 6.61 Å². The number of amides is 3. The molecule has 1 aromatic carbocycles. The van der Waals surface area contributed by atoms with Crippen LogP contribution < -0.4 is 4.74 Å². The van der Waals surface area contributed by atoms with Gasteiger partial charge in [0.1, 0.15) is 5.75 Å². The Morgan fingerprint density at radius 1 is 1.36 bits per heavy atom. The molecule has 3 amide bonds. The highest BCUT2D eigenvalue weighted by atomic mass is 79.9. The second-order valence-electron chi connectivity index (χ2n) is 5.03. The van der Waals surface area contributed by atoms with Crippen LogP contribution in [0.25, 0.3) is 0 Å². The number of cyclic esters (lactones) is 1. The van der Waals surface area contributed by atoms with E-state index >= 15 is 0 Å². The normalized spacial score (nSPS) is 18.3. The van der Waals surface area contributed by atoms with Gasteiger partial charge < -0.3 is 14.4 Å². The van der Waals surface area contributed by atoms with Gasteiger partial charge in [0, 0.05) is 17.6 Å². The molecule has 116 valence electrons. The summed E-state index contributed by atoms with van der Waals surface area (Å²) >= 11 is 3.34. The van der Waals surface area contributed by atoms with E-state index in [2.05, 4.69) is 20.7 Å². The third-order valence-electron chi connectivity index (χ3n) is 3.70. The fraction of sp³-hybridized carbons (Fsp3) is 0.357. The molecule has 22 heavy (non-hydrogen) atoms. The number of hydrogen-bond acceptors (Lipinski definition) is 5. The van der Waals surface area contributed by atoms with E-state index in [4.69, 9.17) is 4.74 Å². The van der Waals surface area contributed by atoms with E-state index in [1.54, 1.807) is 23.1 Å². The maximum absolute atomic E-state index is 12.5. The molecule has 0 aliphatic carbocycles. The molecule has 2 fully saturated rings. The van der Waals surface area contributed by atoms with Crippen LogP contribution in [0.2, 0.25) is 0 Å². The number of carbonyl (C=O) groups excluding carboxylic acids is 3. The minimum absolute atomic E-state index is 0.179. The van der Waals surface area contributed by atoms with E-state index in [1.807, 2.05) is 0 Å². The Balaban J connectivity index is 1.69. The van der Waals surface area contributed by atoms with Crippen LogP contribution >= 0.6 is 15.9 Å². The minimum atomic E-state index is -0.635. The van der Waals surface area contributed by atoms with Crippen LogP contribution in [0, 0.1) is 0 Å². The number of likely N-dealkylation sites (tertiary alicyclic amines) is 1. The molecule has 0 atom stereocenters. The van der Waals surface area contributed by atoms with Crippen LogP contribution in [0.3, 0.4) is 0 Å². The maximum atomic E-state index is 12.5. The van der Waals surface area contributed by atoms with Crippen molar-refractivity contribution in [2.24, 2.45) is 0 Å². The predicted octanol–water partition coefficient (Wildman–Crippen LogP) is 1.26. The molecule has 7 nitrogen and oxygen atoms in total. The standard InChI is InChI=1S/C14H13BrN2O5/c1-21-9-2-3-11(15)10(4-9)13(19)16-5-8(6-16)17-12(18)7-22-14(17)20/h2-4,8H,5-7H2,1H3. The largest absolute Gasteiger partial charge is 0.497 e. The van der Waals surface area contributed by atoms with Gasteiger partial charge in [-0.25, -0.2) is 9.69 Å². The van der Waals surface area contributed by atoms with Crippen molar-refractivity contribution >= 4 is 33.8 Å². The van der Waals surface area contributed by atoms with Crippen molar-refractivity contribution in [1.82, 2.24) is 9.80 Å². The number of hydrogen-bond donors (Lipinski definition) is 0. The van der Waals surface area contributed by atoms with Crippen LogP contribution in [0.5, 0.6) is 5.75 Å². The van der Waals surface area contributed by atoms with Gasteiger partial charge >= 0.3 is 6.09 Å². The first kappa shape index (κ1) is 14.8. The molecule has 0 aromatic heterocycles. The number of imide groups is 1. The summed E-state index contributed by atoms with van der Waals surface area (Å²) in [5.74, 6) is 0.0496. The summed E-state index contributed by atoms with van der Waals surface area (Å²) in [6.45, 7) is 0.400. The number of ether oxygens (including phenoxy) is 2. The van der Waals surface area contributed by atoms with Crippen molar-refractivity contribution < 1.29 is 23.9 Å². The van der Waals surface area contributed by atoms with Crippen molar-refractivity contribution in [2.45, 2.75) is 6.04 Å². The van der Waals surface area contributed by atoms with Crippen molar-refractivity contribution in [3.63, 3.8) is 0 Å². The lowest BCUT2D eigenvalue weighted by atomic mass is 10.0. The number of benzene rings is 1. The van der Waals surface area contributed by atoms with E-state index < -0.39 is 6.09 Å². The molecular weight excluding hydrogens is 356 g/mol. The average molecular weight is 369 g/mol. The Morgan fingerprint density at radius 3 is 2.68 bits per heavy atom. The molecule has 2 heterocycles. The summed E-state index contributed by atoms with van der Waals surface area (Å²) in [4.78, 5) is 38.1. The van der Waals surface area contributed by atoms with Crippen LogP contribution in [0.15, 0.2) is 22.7 Å². The van der Waals surface area contributed by atoms with Gasteiger partial charge in [-0.2, -0.15) is 0 Å². The SMILES string of the molecule is COc1ccc(Br)c(C(=O)N2CC(N3C(=O)COC3=O)C2)c1. The Morgan fingerprint density at radius 2 is 2.09 bits per heavy atom. The monoisotopic (exact) mass is 368 g/mol. The quantitative estimate of drug-likeness (QED) is 0.802. The van der Waals surface area contributed by atoms with E-state index in [0.717, 1.165) is 4.90 Å². The fourth-order valence-corrected chi connectivity index (χ4v) is 2.88. The van der Waals surface area contributed by atoms with Crippen molar-refractivity contribution in [3.05, 3.63) is 28.2 Å². The molecular formula is C14H13BrN2O5. The molecule has 0 bridgehead atoms. The molecule has 2 aliphatic rings. The molecule has 0 saturated carbocycles. The molecule has 1 aromatic rings. The number of halogens is 1. The van der Waals surface area contributed by atoms with E-state index in [0.29, 0.717) is 28.9 Å². The summed E-state index contributed by atoms with van der Waals surface area (Å²) in [7, 11) is 1.53. The average Bonchev–Trinajstić information content (AvgIpc) is 2.78. The van der Waals surface area contributed by atoms with Gasteiger partial charge in [-0.1, -0.05) is 0 Å². The molecule has 3 rings (SSSR count). The fourth-order valence-electron chi connectivity index (χ4n) is 2.47. The van der Waals surface area contributed by atoms with Crippen molar-refractivity contribution in [2.75, 3.05) is 26.8 Å². The molecule has 8 heteroatoms. The lowest BCUT2D eigenvalue weighted by molar-refractivity contribution is -0.129. The maximum Gasteiger partial charge on any atom is 0.417 e. The topological polar surface area (TPSA) is 76.2 Å². The first-order valence-electron chi connectivity index (χ1n) is 6.63. The summed E-state index contributed by atoms with van der Waals surface area (Å²) in [5.41, 5.74) is 0.480. The number of rotatable bonds is 3. The van der Waals surface area contributed by atoms with Gasteiger partial charge in [0.2, 0.25) is 0 Å². The Kier molecular flexibility index (Phi) is 3.78. The van der Waals surface area contributed by atoms with Gasteiger partial charge in [0.05, 0.1) is 18.7 Å². The highest BCUT2D eigenvalue weighted by molar-refractivity contribution is 9.10. The first-order chi connectivity index (χ1) is 10.5. The number of carbonyl (C=O) groups is 3. The highest BCUT2D eigenvalue weighted by Gasteiger charge is 2.44. The molecule has 0 spiro atoms. The van der Waals surface area contributed by atoms with Gasteiger partial charge in [-0.05, 0) is 34.1 Å². The number of methoxy groups -OCH3 is 1. The summed E-state index contributed by atoms with van der Waals surface area (Å²) in [6.07, 6.45) is -0.635. The Labute approximate surface area is 134 Å². The molecule has 2 saturated heterocycles. The molecule has 0 N–H and O–H groups in total. The van der Waals surface area contributed by atoms with Crippen molar-refractivity contribution in [3.8, 4) is 5.75 Å². The Bertz CT molecular complexity index is 641. The summed E-state index contributed by atoms with van der Waals surface area (Å²) < 4.78 is 10.5. The lowest BCUT2D eigenvalue weighted by Gasteiger charge is -2.42. The smallest absolute Gasteiger partial charge is 0.417 e. The van der Waals surface area contributed by atoms with Crippen LogP contribution in [0.1, 0.15) is 10.4 Å². The summed E-state index contributed by atoms with van der Waals surface area (Å²) in [5, 5.41) is 0. The van der Waals surface area contributed by atoms with Crippen LogP contribution in [0.4, 0.5) is 4.79 Å². The molecule has 2 aliphatic heterocycles. The van der Waals surface area contributed by atoms with Gasteiger partial charge in [0.25, 0.3) is 11.8 Å². The zero-order chi connectivity index (χ0) is 15.9. The molecule has 0 radical (unpaired) electrons. The van der Waals surface area contributed by atoms with E-state index in [-0.39, 0.29) is 24.5 Å². The molecule has 0 unspecified atom stereocenters. The van der Waals surface area contributed by atoms with Crippen molar-refractivity contribution in [1.29, 1.82) is 0 Å². The van der Waals surface area contributed by atoms with E-state index in [1.165, 1.54) is 7.11 Å². The van der Waals surface area contributed by atoms with E-state index in [9.17, 15) is 14.4 Å². The van der Waals surface area contributed by atoms with Gasteiger partial charge in [-0.15, -0.1) is 0 Å². The van der Waals surface area contributed by atoms with Gasteiger partial charge in [-0.3, -0.25) is 9.59 Å². The Hall–Kier alpha value is -2.09. The number of nitrogens with zero attached hydrogens (tertiary/aromatic N) is 2. The third-order valence-corrected chi connectivity index (χ3v) is 4.39. The minimum Gasteiger partial charge on any atom is -0.497 e. The first-order valence-corrected chi connectivity index (χ1v) is 7.42.